The lowest BCUT2D eigenvalue weighted by atomic mass is 9.93. The third-order valence-corrected chi connectivity index (χ3v) is 10.5. The number of aliphatic hydroxyl groups excluding tert-OH is 1. The maximum absolute atomic E-state index is 13.6. The second kappa shape index (κ2) is 17.0. The second-order valence-corrected chi connectivity index (χ2v) is 14.1. The number of hydrogen-bond donors (Lipinski definition) is 4. The largest absolute Gasteiger partial charge is 0.462 e. The van der Waals surface area contributed by atoms with E-state index in [1.54, 1.807) is 12.2 Å². The summed E-state index contributed by atoms with van der Waals surface area (Å²) < 4.78 is 11.5. The summed E-state index contributed by atoms with van der Waals surface area (Å²) in [4.78, 5) is 53.1. The molecule has 0 aromatic heterocycles. The molecule has 2 aromatic carbocycles. The van der Waals surface area contributed by atoms with Crippen molar-refractivity contribution in [2.45, 2.75) is 100 Å². The van der Waals surface area contributed by atoms with Crippen molar-refractivity contribution < 1.29 is 33.8 Å². The zero-order valence-corrected chi connectivity index (χ0v) is 28.9. The predicted molar refractivity (Wildman–Crippen MR) is 191 cm³/mol. The molecular weight excluding hydrogens is 634 g/mol. The van der Waals surface area contributed by atoms with Gasteiger partial charge in [-0.3, -0.25) is 9.59 Å². The number of benzene rings is 2. The number of ether oxygens (including phenoxy) is 2. The molecule has 0 radical (unpaired) electrons. The molecule has 3 aliphatic carbocycles. The molecule has 3 aliphatic rings. The van der Waals surface area contributed by atoms with Crippen LogP contribution in [0.25, 0.3) is 11.1 Å². The molecule has 0 spiro atoms. The van der Waals surface area contributed by atoms with Gasteiger partial charge in [-0.05, 0) is 67.2 Å². The van der Waals surface area contributed by atoms with Gasteiger partial charge in [0.15, 0.2) is 0 Å². The van der Waals surface area contributed by atoms with Gasteiger partial charge in [-0.2, -0.15) is 0 Å². The molecule has 0 bridgehead atoms. The van der Waals surface area contributed by atoms with Crippen molar-refractivity contribution in [2.75, 3.05) is 19.8 Å². The van der Waals surface area contributed by atoms with Crippen molar-refractivity contribution in [3.05, 3.63) is 85.0 Å². The van der Waals surface area contributed by atoms with Gasteiger partial charge in [0.2, 0.25) is 11.8 Å². The Labute approximate surface area is 295 Å². The van der Waals surface area contributed by atoms with Crippen LogP contribution in [0, 0.1) is 5.92 Å². The van der Waals surface area contributed by atoms with Crippen LogP contribution in [0.1, 0.15) is 94.1 Å². The number of aliphatic hydroxyl groups is 1. The Bertz CT molecular complexity index is 1500. The molecule has 0 aliphatic heterocycles. The smallest absolute Gasteiger partial charge is 0.407 e. The van der Waals surface area contributed by atoms with Gasteiger partial charge in [-0.15, -0.1) is 13.2 Å². The first kappa shape index (κ1) is 36.8. The molecule has 10 nitrogen and oxygen atoms in total. The Morgan fingerprint density at radius 1 is 0.840 bits per heavy atom. The minimum absolute atomic E-state index is 0.0385. The molecule has 10 heteroatoms. The van der Waals surface area contributed by atoms with E-state index >= 15 is 0 Å². The van der Waals surface area contributed by atoms with E-state index in [9.17, 15) is 24.3 Å². The molecule has 2 atom stereocenters. The van der Waals surface area contributed by atoms with E-state index in [-0.39, 0.29) is 50.4 Å². The maximum Gasteiger partial charge on any atom is 0.407 e. The van der Waals surface area contributed by atoms with Crippen LogP contribution >= 0.6 is 0 Å². The normalized spacial score (nSPS) is 18.2. The van der Waals surface area contributed by atoms with Crippen LogP contribution in [0.5, 0.6) is 0 Å². The van der Waals surface area contributed by atoms with Gasteiger partial charge in [0.25, 0.3) is 0 Å². The van der Waals surface area contributed by atoms with E-state index in [1.165, 1.54) is 0 Å². The van der Waals surface area contributed by atoms with Crippen molar-refractivity contribution in [1.82, 2.24) is 16.0 Å². The lowest BCUT2D eigenvalue weighted by Crippen LogP contribution is -2.54. The van der Waals surface area contributed by atoms with Crippen LogP contribution < -0.4 is 16.0 Å². The zero-order chi connectivity index (χ0) is 35.6. The van der Waals surface area contributed by atoms with Gasteiger partial charge in [0, 0.05) is 12.3 Å². The minimum Gasteiger partial charge on any atom is -0.462 e. The van der Waals surface area contributed by atoms with E-state index in [1.807, 2.05) is 36.4 Å². The molecule has 2 unspecified atom stereocenters. The first-order chi connectivity index (χ1) is 24.2. The van der Waals surface area contributed by atoms with Crippen molar-refractivity contribution in [2.24, 2.45) is 5.92 Å². The molecule has 268 valence electrons. The molecule has 50 heavy (non-hydrogen) atoms. The van der Waals surface area contributed by atoms with E-state index in [0.717, 1.165) is 47.9 Å². The van der Waals surface area contributed by atoms with Crippen LogP contribution in [0.15, 0.2) is 73.8 Å². The highest BCUT2D eigenvalue weighted by molar-refractivity contribution is 5.87. The summed E-state index contributed by atoms with van der Waals surface area (Å²) in [6, 6.07) is 15.2. The molecule has 0 saturated heterocycles. The number of fused-ring (bicyclic) bond motifs is 3. The Kier molecular flexibility index (Phi) is 12.5. The van der Waals surface area contributed by atoms with E-state index in [0.29, 0.717) is 38.5 Å². The number of esters is 1. The summed E-state index contributed by atoms with van der Waals surface area (Å²) >= 11 is 0. The molecule has 0 heterocycles. The van der Waals surface area contributed by atoms with Crippen LogP contribution in [-0.2, 0) is 23.9 Å². The Hall–Kier alpha value is -4.44. The summed E-state index contributed by atoms with van der Waals surface area (Å²) in [5.74, 6) is -1.98. The Morgan fingerprint density at radius 2 is 1.44 bits per heavy atom. The molecule has 5 rings (SSSR count). The summed E-state index contributed by atoms with van der Waals surface area (Å²) in [7, 11) is 0. The fourth-order valence-corrected chi connectivity index (χ4v) is 7.78. The lowest BCUT2D eigenvalue weighted by molar-refractivity contribution is -0.149. The monoisotopic (exact) mass is 685 g/mol. The van der Waals surface area contributed by atoms with Gasteiger partial charge >= 0.3 is 12.1 Å². The van der Waals surface area contributed by atoms with Gasteiger partial charge in [-0.25, -0.2) is 9.59 Å². The SMILES string of the molecule is C=CCCC(NC(=O)OCC1c2ccccc2-c2ccccc21)C(=O)OCC1(NC(=O)C(CC=C)CC(=O)NC2(CO)CCCC2)CCCC1. The molecule has 2 saturated carbocycles. The lowest BCUT2D eigenvalue weighted by Gasteiger charge is -2.33. The first-order valence-electron chi connectivity index (χ1n) is 18.0. The van der Waals surface area contributed by atoms with E-state index < -0.39 is 35.1 Å². The zero-order valence-electron chi connectivity index (χ0n) is 28.9. The summed E-state index contributed by atoms with van der Waals surface area (Å²) in [5, 5.41) is 18.7. The first-order valence-corrected chi connectivity index (χ1v) is 18.0. The Balaban J connectivity index is 1.17. The quantitative estimate of drug-likeness (QED) is 0.121. The van der Waals surface area contributed by atoms with Crippen LogP contribution in [0.4, 0.5) is 4.79 Å². The minimum atomic E-state index is -0.968. The molecule has 3 amide bonds. The topological polar surface area (TPSA) is 143 Å². The molecule has 2 fully saturated rings. The van der Waals surface area contributed by atoms with Gasteiger partial charge in [0.1, 0.15) is 19.3 Å². The fourth-order valence-electron chi connectivity index (χ4n) is 7.78. The fraction of sp³-hybridized carbons (Fsp3) is 0.500. The number of carbonyl (C=O) groups excluding carboxylic acids is 4. The summed E-state index contributed by atoms with van der Waals surface area (Å²) in [5.41, 5.74) is 3.02. The average Bonchev–Trinajstić information content (AvgIpc) is 3.86. The van der Waals surface area contributed by atoms with E-state index in [2.05, 4.69) is 41.2 Å². The third-order valence-electron chi connectivity index (χ3n) is 10.5. The number of nitrogens with one attached hydrogen (secondary N) is 3. The highest BCUT2D eigenvalue weighted by atomic mass is 16.6. The van der Waals surface area contributed by atoms with Crippen molar-refractivity contribution >= 4 is 23.9 Å². The maximum atomic E-state index is 13.6. The van der Waals surface area contributed by atoms with Crippen molar-refractivity contribution in [3.63, 3.8) is 0 Å². The Morgan fingerprint density at radius 3 is 2.02 bits per heavy atom. The molecule has 4 N–H and O–H groups in total. The number of alkyl carbamates (subject to hydrolysis) is 1. The molecule has 2 aromatic rings. The van der Waals surface area contributed by atoms with E-state index in [4.69, 9.17) is 9.47 Å². The predicted octanol–water partition coefficient (Wildman–Crippen LogP) is 5.84. The van der Waals surface area contributed by atoms with Crippen LogP contribution in [-0.4, -0.2) is 65.9 Å². The highest BCUT2D eigenvalue weighted by Crippen LogP contribution is 2.44. The van der Waals surface area contributed by atoms with Gasteiger partial charge in [0.05, 0.1) is 23.6 Å². The third kappa shape index (κ3) is 8.82. The summed E-state index contributed by atoms with van der Waals surface area (Å²) in [6.07, 6.45) is 9.81. The number of amides is 3. The van der Waals surface area contributed by atoms with Crippen LogP contribution in [0.3, 0.4) is 0 Å². The standard InChI is InChI=1S/C40H51N3O7/c1-3-5-19-34(41-38(48)49-25-33-31-17-8-6-15-29(31)30-16-7-9-18-32(30)33)37(47)50-27-40(22-12-13-23-40)43-36(46)28(14-4-2)24-35(45)42-39(26-44)20-10-11-21-39/h3-4,6-9,15-18,28,33-34,44H,1-2,5,10-14,19-27H2,(H,41,48)(H,42,45)(H,43,46). The molecular formula is C40H51N3O7. The number of allylic oxidation sites excluding steroid dienone is 2. The number of hydrogen-bond acceptors (Lipinski definition) is 7. The summed E-state index contributed by atoms with van der Waals surface area (Å²) in [6.45, 7) is 7.46. The van der Waals surface area contributed by atoms with Gasteiger partial charge in [-0.1, -0.05) is 86.4 Å². The average molecular weight is 686 g/mol. The van der Waals surface area contributed by atoms with Gasteiger partial charge < -0.3 is 30.5 Å². The van der Waals surface area contributed by atoms with Crippen LogP contribution in [0.2, 0.25) is 0 Å². The number of carbonyl (C=O) groups is 4. The van der Waals surface area contributed by atoms with Crippen molar-refractivity contribution in [1.29, 1.82) is 0 Å². The van der Waals surface area contributed by atoms with Crippen molar-refractivity contribution in [3.8, 4) is 11.1 Å². The highest BCUT2D eigenvalue weighted by Gasteiger charge is 2.40. The number of rotatable bonds is 17. The second-order valence-electron chi connectivity index (χ2n) is 14.1.